The van der Waals surface area contributed by atoms with Gasteiger partial charge in [-0.3, -0.25) is 4.79 Å². The van der Waals surface area contributed by atoms with Crippen LogP contribution in [0.15, 0.2) is 79.0 Å². The first-order valence-electron chi connectivity index (χ1n) is 10.2. The molecule has 0 atom stereocenters. The van der Waals surface area contributed by atoms with Crippen LogP contribution in [-0.2, 0) is 0 Å². The summed E-state index contributed by atoms with van der Waals surface area (Å²) >= 11 is 12.1. The third-order valence-electron chi connectivity index (χ3n) is 5.38. The number of aromatic nitrogens is 3. The Hall–Kier alpha value is -3.67. The van der Waals surface area contributed by atoms with Crippen molar-refractivity contribution in [1.82, 2.24) is 14.8 Å². The molecule has 5 aromatic rings. The first-order chi connectivity index (χ1) is 15.9. The predicted molar refractivity (Wildman–Crippen MR) is 131 cm³/mol. The van der Waals surface area contributed by atoms with Crippen molar-refractivity contribution in [3.05, 3.63) is 106 Å². The normalized spacial score (nSPS) is 11.1. The Kier molecular flexibility index (Phi) is 5.36. The van der Waals surface area contributed by atoms with Gasteiger partial charge in [0, 0.05) is 27.7 Å². The molecular weight excluding hydrogens is 457 g/mol. The molecule has 0 unspecified atom stereocenters. The molecule has 0 aliphatic heterocycles. The van der Waals surface area contributed by atoms with Gasteiger partial charge in [0.2, 0.25) is 0 Å². The van der Waals surface area contributed by atoms with Crippen molar-refractivity contribution in [1.29, 1.82) is 0 Å². The van der Waals surface area contributed by atoms with E-state index in [4.69, 9.17) is 28.3 Å². The van der Waals surface area contributed by atoms with Gasteiger partial charge in [-0.15, -0.1) is 0 Å². The van der Waals surface area contributed by atoms with Crippen LogP contribution in [0.25, 0.3) is 28.0 Å². The number of ketones is 1. The van der Waals surface area contributed by atoms with E-state index in [9.17, 15) is 9.90 Å². The van der Waals surface area contributed by atoms with Crippen LogP contribution in [0.2, 0.25) is 10.0 Å². The van der Waals surface area contributed by atoms with E-state index in [2.05, 4.69) is 4.98 Å². The Labute approximate surface area is 199 Å². The van der Waals surface area contributed by atoms with E-state index in [-0.39, 0.29) is 26.9 Å². The van der Waals surface area contributed by atoms with Crippen molar-refractivity contribution >= 4 is 40.0 Å². The number of fused-ring (bicyclic) bond motifs is 1. The molecule has 0 saturated carbocycles. The summed E-state index contributed by atoms with van der Waals surface area (Å²) in [4.78, 5) is 17.8. The second-order valence-electron chi connectivity index (χ2n) is 7.67. The van der Waals surface area contributed by atoms with Crippen LogP contribution in [-0.4, -0.2) is 25.7 Å². The van der Waals surface area contributed by atoms with Gasteiger partial charge >= 0.3 is 0 Å². The number of carbonyl (C=O) groups excluding carboxylic acids is 1. The van der Waals surface area contributed by atoms with Crippen LogP contribution in [0, 0.1) is 6.92 Å². The molecule has 0 fully saturated rings. The fourth-order valence-corrected chi connectivity index (χ4v) is 4.19. The first-order valence-corrected chi connectivity index (χ1v) is 10.9. The highest BCUT2D eigenvalue weighted by molar-refractivity contribution is 6.36. The van der Waals surface area contributed by atoms with Crippen molar-refractivity contribution in [2.75, 3.05) is 0 Å². The third kappa shape index (κ3) is 3.86. The topological polar surface area (TPSA) is 68.0 Å². The Morgan fingerprint density at radius 2 is 1.70 bits per heavy atom. The highest BCUT2D eigenvalue weighted by atomic mass is 35.5. The highest BCUT2D eigenvalue weighted by Crippen LogP contribution is 2.34. The number of rotatable bonds is 4. The molecule has 162 valence electrons. The lowest BCUT2D eigenvalue weighted by Gasteiger charge is -2.07. The van der Waals surface area contributed by atoms with Gasteiger partial charge < -0.3 is 5.11 Å². The molecule has 0 aliphatic carbocycles. The summed E-state index contributed by atoms with van der Waals surface area (Å²) in [5.74, 6) is -0.751. The molecule has 0 amide bonds. The second-order valence-corrected chi connectivity index (χ2v) is 8.51. The lowest BCUT2D eigenvalue weighted by molar-refractivity contribution is 0.103. The van der Waals surface area contributed by atoms with Crippen molar-refractivity contribution in [2.24, 2.45) is 0 Å². The number of aryl methyl sites for hydroxylation is 1. The number of hydrogen-bond donors (Lipinski definition) is 1. The van der Waals surface area contributed by atoms with Gasteiger partial charge in [0.05, 0.1) is 16.3 Å². The summed E-state index contributed by atoms with van der Waals surface area (Å²) in [5.41, 5.74) is 4.50. The van der Waals surface area contributed by atoms with Gasteiger partial charge in [0.15, 0.2) is 11.4 Å². The summed E-state index contributed by atoms with van der Waals surface area (Å²) < 4.78 is 1.76. The monoisotopic (exact) mass is 473 g/mol. The van der Waals surface area contributed by atoms with Crippen molar-refractivity contribution in [3.8, 4) is 22.7 Å². The molecule has 1 N–H and O–H groups in total. The average Bonchev–Trinajstić information content (AvgIpc) is 3.21. The lowest BCUT2D eigenvalue weighted by atomic mass is 10.0. The standard InChI is InChI=1S/C26H17Cl2N3O2/c1-15-7-9-16(10-8-15)23-20-11-17(24(32)21-12-18(27)13-22(28)25(21)33)14-29-26(20)31(30-23)19-5-3-2-4-6-19/h2-14,33H,1H3. The molecule has 33 heavy (non-hydrogen) atoms. The molecule has 5 nitrogen and oxygen atoms in total. The lowest BCUT2D eigenvalue weighted by Crippen LogP contribution is -2.04. The van der Waals surface area contributed by atoms with E-state index in [0.717, 1.165) is 16.8 Å². The zero-order chi connectivity index (χ0) is 23.1. The number of phenols is 1. The quantitative estimate of drug-likeness (QED) is 0.297. The van der Waals surface area contributed by atoms with Crippen LogP contribution in [0.4, 0.5) is 0 Å². The Morgan fingerprint density at radius 3 is 2.42 bits per heavy atom. The summed E-state index contributed by atoms with van der Waals surface area (Å²) in [5, 5.41) is 16.1. The smallest absolute Gasteiger partial charge is 0.198 e. The minimum absolute atomic E-state index is 0.0112. The number of benzene rings is 3. The molecule has 0 radical (unpaired) electrons. The zero-order valence-electron chi connectivity index (χ0n) is 17.5. The minimum Gasteiger partial charge on any atom is -0.506 e. The number of carbonyl (C=O) groups is 1. The first kappa shape index (κ1) is 21.2. The van der Waals surface area contributed by atoms with Crippen LogP contribution < -0.4 is 0 Å². The van der Waals surface area contributed by atoms with E-state index in [1.807, 2.05) is 61.5 Å². The molecule has 0 bridgehead atoms. The van der Waals surface area contributed by atoms with E-state index in [1.54, 1.807) is 10.7 Å². The van der Waals surface area contributed by atoms with Gasteiger partial charge in [-0.25, -0.2) is 9.67 Å². The maximum atomic E-state index is 13.2. The molecule has 2 aromatic heterocycles. The van der Waals surface area contributed by atoms with Crippen LogP contribution in [0.1, 0.15) is 21.5 Å². The van der Waals surface area contributed by atoms with E-state index < -0.39 is 5.78 Å². The zero-order valence-corrected chi connectivity index (χ0v) is 19.0. The molecule has 7 heteroatoms. The summed E-state index contributed by atoms with van der Waals surface area (Å²) in [6.45, 7) is 2.02. The van der Waals surface area contributed by atoms with Crippen molar-refractivity contribution in [3.63, 3.8) is 0 Å². The molecule has 2 heterocycles. The minimum atomic E-state index is -0.436. The molecular formula is C26H17Cl2N3O2. The fraction of sp³-hybridized carbons (Fsp3) is 0.0385. The number of halogens is 2. The van der Waals surface area contributed by atoms with Crippen molar-refractivity contribution < 1.29 is 9.90 Å². The summed E-state index contributed by atoms with van der Waals surface area (Å²) in [6, 6.07) is 22.2. The largest absolute Gasteiger partial charge is 0.506 e. The number of pyridine rings is 1. The van der Waals surface area contributed by atoms with E-state index >= 15 is 0 Å². The molecule has 0 saturated heterocycles. The fourth-order valence-electron chi connectivity index (χ4n) is 3.69. The summed E-state index contributed by atoms with van der Waals surface area (Å²) in [7, 11) is 0. The van der Waals surface area contributed by atoms with E-state index in [0.29, 0.717) is 16.7 Å². The molecule has 0 spiro atoms. The number of hydrogen-bond acceptors (Lipinski definition) is 4. The van der Waals surface area contributed by atoms with Crippen LogP contribution >= 0.6 is 23.2 Å². The molecule has 3 aromatic carbocycles. The predicted octanol–water partition coefficient (Wildman–Crippen LogP) is 6.64. The second kappa shape index (κ2) is 8.35. The molecule has 5 rings (SSSR count). The Balaban J connectivity index is 1.72. The van der Waals surface area contributed by atoms with E-state index in [1.165, 1.54) is 18.3 Å². The SMILES string of the molecule is Cc1ccc(-c2nn(-c3ccccc3)c3ncc(C(=O)c4cc(Cl)cc(Cl)c4O)cc23)cc1. The Morgan fingerprint density at radius 1 is 0.970 bits per heavy atom. The average molecular weight is 474 g/mol. The highest BCUT2D eigenvalue weighted by Gasteiger charge is 2.21. The van der Waals surface area contributed by atoms with Crippen molar-refractivity contribution in [2.45, 2.75) is 6.92 Å². The van der Waals surface area contributed by atoms with Crippen LogP contribution in [0.3, 0.4) is 0 Å². The van der Waals surface area contributed by atoms with Crippen LogP contribution in [0.5, 0.6) is 5.75 Å². The molecule has 0 aliphatic rings. The Bertz CT molecular complexity index is 1510. The van der Waals surface area contributed by atoms with Gasteiger partial charge in [-0.2, -0.15) is 5.10 Å². The summed E-state index contributed by atoms with van der Waals surface area (Å²) in [6.07, 6.45) is 1.47. The number of para-hydroxylation sites is 1. The third-order valence-corrected chi connectivity index (χ3v) is 5.89. The maximum Gasteiger partial charge on any atom is 0.198 e. The number of nitrogens with zero attached hydrogens (tertiary/aromatic N) is 3. The van der Waals surface area contributed by atoms with Gasteiger partial charge in [0.25, 0.3) is 0 Å². The van der Waals surface area contributed by atoms with Gasteiger partial charge in [-0.1, -0.05) is 71.2 Å². The number of aromatic hydroxyl groups is 1. The maximum absolute atomic E-state index is 13.2. The van der Waals surface area contributed by atoms with Gasteiger partial charge in [-0.05, 0) is 37.3 Å². The number of phenolic OH excluding ortho intramolecular Hbond substituents is 1. The van der Waals surface area contributed by atoms with Gasteiger partial charge in [0.1, 0.15) is 11.4 Å².